The summed E-state index contributed by atoms with van der Waals surface area (Å²) in [5, 5.41) is 4.42. The number of ether oxygens (including phenoxy) is 2. The van der Waals surface area contributed by atoms with Gasteiger partial charge in [0, 0.05) is 5.56 Å². The van der Waals surface area contributed by atoms with E-state index in [0.29, 0.717) is 33.4 Å². The molecule has 0 spiro atoms. The van der Waals surface area contributed by atoms with E-state index in [-0.39, 0.29) is 5.56 Å². The van der Waals surface area contributed by atoms with Crippen LogP contribution in [0, 0.1) is 13.8 Å². The third kappa shape index (κ3) is 4.43. The molecular weight excluding hydrogens is 446 g/mol. The maximum Gasteiger partial charge on any atom is 0.291 e. The molecule has 2 aromatic heterocycles. The lowest BCUT2D eigenvalue weighted by atomic mass is 10.1. The van der Waals surface area contributed by atoms with Crippen LogP contribution >= 0.6 is 11.3 Å². The second-order valence-corrected chi connectivity index (χ2v) is 9.11. The van der Waals surface area contributed by atoms with Crippen molar-refractivity contribution in [3.8, 4) is 22.9 Å². The molecule has 7 heteroatoms. The molecule has 0 fully saturated rings. The topological polar surface area (TPSA) is 65.7 Å². The average Bonchev–Trinajstić information content (AvgIpc) is 3.39. The first-order chi connectivity index (χ1) is 16.5. The third-order valence-electron chi connectivity index (χ3n) is 5.49. The minimum Gasteiger partial charge on any atom is -0.493 e. The van der Waals surface area contributed by atoms with Crippen LogP contribution in [-0.2, 0) is 6.61 Å². The molecule has 6 nitrogen and oxygen atoms in total. The highest BCUT2D eigenvalue weighted by Gasteiger charge is 2.12. The second kappa shape index (κ2) is 9.11. The zero-order chi connectivity index (χ0) is 23.7. The minimum absolute atomic E-state index is 0.190. The first-order valence-electron chi connectivity index (χ1n) is 10.8. The quantitative estimate of drug-likeness (QED) is 0.365. The number of rotatable bonds is 6. The van der Waals surface area contributed by atoms with Crippen molar-refractivity contribution in [3.63, 3.8) is 0 Å². The number of hydrogen-bond acceptors (Lipinski definition) is 6. The largest absolute Gasteiger partial charge is 0.493 e. The molecular formula is C27H23N3O3S. The van der Waals surface area contributed by atoms with Gasteiger partial charge in [0.2, 0.25) is 4.96 Å². The van der Waals surface area contributed by atoms with Gasteiger partial charge >= 0.3 is 0 Å². The highest BCUT2D eigenvalue weighted by molar-refractivity contribution is 7.15. The molecule has 0 amide bonds. The zero-order valence-corrected chi connectivity index (χ0v) is 19.9. The number of methoxy groups -OCH3 is 1. The van der Waals surface area contributed by atoms with Crippen LogP contribution in [0.25, 0.3) is 22.4 Å². The van der Waals surface area contributed by atoms with Crippen molar-refractivity contribution >= 4 is 22.4 Å². The van der Waals surface area contributed by atoms with Crippen LogP contribution in [0.2, 0.25) is 0 Å². The van der Waals surface area contributed by atoms with Gasteiger partial charge in [0.1, 0.15) is 6.61 Å². The van der Waals surface area contributed by atoms with Crippen molar-refractivity contribution in [1.29, 1.82) is 0 Å². The lowest BCUT2D eigenvalue weighted by Gasteiger charge is -2.11. The number of aromatic nitrogens is 3. The molecule has 0 bridgehead atoms. The van der Waals surface area contributed by atoms with E-state index in [4.69, 9.17) is 9.47 Å². The molecule has 0 radical (unpaired) electrons. The van der Waals surface area contributed by atoms with E-state index in [2.05, 4.69) is 29.1 Å². The summed E-state index contributed by atoms with van der Waals surface area (Å²) >= 11 is 1.31. The molecule has 5 rings (SSSR count). The number of fused-ring (bicyclic) bond motifs is 1. The van der Waals surface area contributed by atoms with Gasteiger partial charge in [-0.1, -0.05) is 77.1 Å². The number of thiazole rings is 1. The molecule has 34 heavy (non-hydrogen) atoms. The van der Waals surface area contributed by atoms with Crippen LogP contribution in [0.5, 0.6) is 11.5 Å². The highest BCUT2D eigenvalue weighted by Crippen LogP contribution is 2.29. The van der Waals surface area contributed by atoms with Crippen molar-refractivity contribution in [1.82, 2.24) is 14.6 Å². The molecule has 2 heterocycles. The van der Waals surface area contributed by atoms with Crippen molar-refractivity contribution in [2.75, 3.05) is 7.11 Å². The van der Waals surface area contributed by atoms with Crippen LogP contribution in [0.4, 0.5) is 0 Å². The fourth-order valence-corrected chi connectivity index (χ4v) is 4.46. The van der Waals surface area contributed by atoms with Crippen molar-refractivity contribution in [3.05, 3.63) is 104 Å². The van der Waals surface area contributed by atoms with Gasteiger partial charge in [0.05, 0.1) is 11.6 Å². The van der Waals surface area contributed by atoms with Gasteiger partial charge in [-0.05, 0) is 43.2 Å². The number of aryl methyl sites for hydroxylation is 2. The summed E-state index contributed by atoms with van der Waals surface area (Å²) < 4.78 is 13.4. The van der Waals surface area contributed by atoms with Crippen molar-refractivity contribution in [2.45, 2.75) is 20.5 Å². The summed E-state index contributed by atoms with van der Waals surface area (Å²) in [6.45, 7) is 4.53. The first kappa shape index (κ1) is 21.9. The predicted molar refractivity (Wildman–Crippen MR) is 135 cm³/mol. The van der Waals surface area contributed by atoms with E-state index in [1.807, 2.05) is 67.6 Å². The van der Waals surface area contributed by atoms with Gasteiger partial charge in [-0.15, -0.1) is 5.10 Å². The molecule has 0 unspecified atom stereocenters. The fourth-order valence-electron chi connectivity index (χ4n) is 3.55. The third-order valence-corrected chi connectivity index (χ3v) is 6.45. The van der Waals surface area contributed by atoms with Crippen LogP contribution in [0.3, 0.4) is 0 Å². The Bertz CT molecular complexity index is 1570. The molecule has 3 aromatic carbocycles. The first-order valence-corrected chi connectivity index (χ1v) is 11.7. The molecule has 170 valence electrons. The van der Waals surface area contributed by atoms with E-state index in [1.165, 1.54) is 21.4 Å². The molecule has 0 saturated carbocycles. The molecule has 0 aliphatic rings. The van der Waals surface area contributed by atoms with Gasteiger partial charge in [0.25, 0.3) is 5.56 Å². The predicted octanol–water partition coefficient (Wildman–Crippen LogP) is 4.57. The van der Waals surface area contributed by atoms with Crippen LogP contribution < -0.4 is 19.6 Å². The van der Waals surface area contributed by atoms with Crippen molar-refractivity contribution < 1.29 is 9.47 Å². The fraction of sp³-hybridized carbons (Fsp3) is 0.148. The van der Waals surface area contributed by atoms with Gasteiger partial charge in [0.15, 0.2) is 17.3 Å². The Kier molecular flexibility index (Phi) is 5.86. The Morgan fingerprint density at radius 3 is 2.32 bits per heavy atom. The van der Waals surface area contributed by atoms with Crippen LogP contribution in [-0.4, -0.2) is 21.7 Å². The molecule has 0 aliphatic carbocycles. The standard InChI is InChI=1S/C27H23N3O3S/c1-17-4-8-19(9-5-17)16-33-22-13-10-20(14-23(22)32-3)15-24-26(31)30-27(34-24)28-25(29-30)21-11-6-18(2)7-12-21/h4-15H,16H2,1-3H3/b24-15-. The van der Waals surface area contributed by atoms with E-state index >= 15 is 0 Å². The molecule has 0 aliphatic heterocycles. The Labute approximate surface area is 200 Å². The number of hydrogen-bond donors (Lipinski definition) is 0. The average molecular weight is 470 g/mol. The van der Waals surface area contributed by atoms with Crippen molar-refractivity contribution in [2.24, 2.45) is 0 Å². The maximum atomic E-state index is 12.9. The molecule has 0 atom stereocenters. The summed E-state index contributed by atoms with van der Waals surface area (Å²) in [6.07, 6.45) is 1.82. The molecule has 5 aromatic rings. The highest BCUT2D eigenvalue weighted by atomic mass is 32.1. The van der Waals surface area contributed by atoms with Gasteiger partial charge in [-0.3, -0.25) is 4.79 Å². The van der Waals surface area contributed by atoms with Crippen LogP contribution in [0.15, 0.2) is 71.5 Å². The zero-order valence-electron chi connectivity index (χ0n) is 19.1. The Balaban J connectivity index is 1.41. The summed E-state index contributed by atoms with van der Waals surface area (Å²) in [7, 11) is 1.60. The monoisotopic (exact) mass is 469 g/mol. The maximum absolute atomic E-state index is 12.9. The minimum atomic E-state index is -0.190. The van der Waals surface area contributed by atoms with E-state index in [1.54, 1.807) is 7.11 Å². The van der Waals surface area contributed by atoms with Gasteiger partial charge in [-0.25, -0.2) is 0 Å². The van der Waals surface area contributed by atoms with E-state index in [0.717, 1.165) is 22.3 Å². The smallest absolute Gasteiger partial charge is 0.291 e. The number of nitrogens with zero attached hydrogens (tertiary/aromatic N) is 3. The summed E-state index contributed by atoms with van der Waals surface area (Å²) in [5.41, 5.74) is 4.98. The summed E-state index contributed by atoms with van der Waals surface area (Å²) in [4.78, 5) is 18.0. The Hall–Kier alpha value is -3.97. The normalized spacial score (nSPS) is 11.8. The van der Waals surface area contributed by atoms with E-state index in [9.17, 15) is 4.79 Å². The Morgan fingerprint density at radius 2 is 1.65 bits per heavy atom. The summed E-state index contributed by atoms with van der Waals surface area (Å²) in [5.74, 6) is 1.80. The van der Waals surface area contributed by atoms with Gasteiger partial charge < -0.3 is 9.47 Å². The lowest BCUT2D eigenvalue weighted by molar-refractivity contribution is 0.284. The lowest BCUT2D eigenvalue weighted by Crippen LogP contribution is -2.23. The summed E-state index contributed by atoms with van der Waals surface area (Å²) in [6, 6.07) is 21.8. The number of benzene rings is 3. The second-order valence-electron chi connectivity index (χ2n) is 8.10. The van der Waals surface area contributed by atoms with Gasteiger partial charge in [-0.2, -0.15) is 9.50 Å². The van der Waals surface area contributed by atoms with E-state index < -0.39 is 0 Å². The molecule has 0 saturated heterocycles. The SMILES string of the molecule is COc1cc(/C=c2\sc3nc(-c4ccc(C)cc4)nn3c2=O)ccc1OCc1ccc(C)cc1. The molecule has 0 N–H and O–H groups in total. The Morgan fingerprint density at radius 1 is 0.941 bits per heavy atom. The van der Waals surface area contributed by atoms with Crippen LogP contribution in [0.1, 0.15) is 22.3 Å².